The molecule has 2 aromatic carbocycles. The number of rotatable bonds is 6. The van der Waals surface area contributed by atoms with E-state index in [9.17, 15) is 19.5 Å². The van der Waals surface area contributed by atoms with Crippen molar-refractivity contribution < 1.29 is 49.0 Å². The van der Waals surface area contributed by atoms with Gasteiger partial charge in [-0.3, -0.25) is 9.59 Å². The second-order valence-corrected chi connectivity index (χ2v) is 7.83. The van der Waals surface area contributed by atoms with Gasteiger partial charge in [0.25, 0.3) is 5.91 Å². The average Bonchev–Trinajstić information content (AvgIpc) is 3.10. The van der Waals surface area contributed by atoms with Crippen molar-refractivity contribution >= 4 is 40.3 Å². The zero-order chi connectivity index (χ0) is 21.3. The van der Waals surface area contributed by atoms with E-state index in [-0.39, 0.29) is 48.6 Å². The SMILES string of the molecule is O=C(N[C@@H](Cc1ccccc1)C(=O)N1CC(C(=O)[O-])C1)c1cc2cc(Cl)ccc2[nH]1.[Na+]. The molecule has 0 spiro atoms. The van der Waals surface area contributed by atoms with Gasteiger partial charge in [-0.25, -0.2) is 0 Å². The van der Waals surface area contributed by atoms with Crippen molar-refractivity contribution in [2.75, 3.05) is 13.1 Å². The van der Waals surface area contributed by atoms with E-state index < -0.39 is 23.8 Å². The van der Waals surface area contributed by atoms with Crippen LogP contribution in [-0.4, -0.2) is 46.8 Å². The maximum atomic E-state index is 13.0. The summed E-state index contributed by atoms with van der Waals surface area (Å²) in [5.74, 6) is -2.57. The van der Waals surface area contributed by atoms with Crippen LogP contribution in [0.15, 0.2) is 54.6 Å². The molecule has 1 atom stereocenters. The fourth-order valence-corrected chi connectivity index (χ4v) is 3.72. The van der Waals surface area contributed by atoms with Gasteiger partial charge in [0.15, 0.2) is 0 Å². The molecule has 0 unspecified atom stereocenters. The minimum absolute atomic E-state index is 0. The molecule has 0 aliphatic carbocycles. The number of hydrogen-bond donors (Lipinski definition) is 2. The van der Waals surface area contributed by atoms with Crippen LogP contribution in [0.5, 0.6) is 0 Å². The molecule has 154 valence electrons. The number of carbonyl (C=O) groups excluding carboxylic acids is 3. The normalized spacial score (nSPS) is 14.4. The smallest absolute Gasteiger partial charge is 0.550 e. The predicted octanol–water partition coefficient (Wildman–Crippen LogP) is -1.63. The summed E-state index contributed by atoms with van der Waals surface area (Å²) in [6.07, 6.45) is 0.296. The molecule has 0 saturated carbocycles. The molecular weight excluding hydrogens is 429 g/mol. The number of carbonyl (C=O) groups is 3. The van der Waals surface area contributed by atoms with Crippen LogP contribution in [0.4, 0.5) is 0 Å². The van der Waals surface area contributed by atoms with Gasteiger partial charge in [-0.2, -0.15) is 0 Å². The van der Waals surface area contributed by atoms with Crippen molar-refractivity contribution in [2.24, 2.45) is 5.92 Å². The van der Waals surface area contributed by atoms with Gasteiger partial charge in [0.05, 0.1) is 0 Å². The first-order valence-electron chi connectivity index (χ1n) is 9.53. The van der Waals surface area contributed by atoms with Crippen LogP contribution >= 0.6 is 11.6 Å². The third-order valence-corrected chi connectivity index (χ3v) is 5.48. The number of benzene rings is 2. The molecule has 1 fully saturated rings. The number of hydrogen-bond acceptors (Lipinski definition) is 4. The van der Waals surface area contributed by atoms with Gasteiger partial charge in [0.1, 0.15) is 11.7 Å². The number of aliphatic carboxylic acids is 1. The van der Waals surface area contributed by atoms with Crippen molar-refractivity contribution in [3.63, 3.8) is 0 Å². The molecule has 1 aliphatic rings. The maximum absolute atomic E-state index is 13.0. The Kier molecular flexibility index (Phi) is 7.43. The number of nitrogens with zero attached hydrogens (tertiary/aromatic N) is 1. The standard InChI is InChI=1S/C22H20ClN3O4.Na/c23-16-6-7-17-14(9-16)10-18(24-17)20(27)25-19(8-13-4-2-1-3-5-13)21(28)26-11-15(12-26)22(29)30;/h1-7,9-10,15,19,24H,8,11-12H2,(H,25,27)(H,29,30);/q;+1/p-1/t19-;/m0./s1. The van der Waals surface area contributed by atoms with Crippen LogP contribution in [0.1, 0.15) is 16.1 Å². The molecule has 3 aromatic rings. The quantitative estimate of drug-likeness (QED) is 0.443. The van der Waals surface area contributed by atoms with Gasteiger partial charge in [-0.15, -0.1) is 0 Å². The number of aromatic amines is 1. The maximum Gasteiger partial charge on any atom is 1.00 e. The first-order valence-corrected chi connectivity index (χ1v) is 9.91. The third kappa shape index (κ3) is 5.30. The molecule has 1 aromatic heterocycles. The van der Waals surface area contributed by atoms with E-state index in [4.69, 9.17) is 11.6 Å². The Hall–Kier alpha value is -2.32. The second kappa shape index (κ2) is 9.87. The number of H-pyrrole nitrogens is 1. The van der Waals surface area contributed by atoms with Gasteiger partial charge >= 0.3 is 29.6 Å². The summed E-state index contributed by atoms with van der Waals surface area (Å²) in [7, 11) is 0. The van der Waals surface area contributed by atoms with E-state index in [1.165, 1.54) is 4.90 Å². The van der Waals surface area contributed by atoms with Crippen LogP contribution in [0.25, 0.3) is 10.9 Å². The van der Waals surface area contributed by atoms with Crippen LogP contribution in [0.3, 0.4) is 0 Å². The number of amides is 2. The number of nitrogens with one attached hydrogen (secondary N) is 2. The van der Waals surface area contributed by atoms with Crippen LogP contribution < -0.4 is 40.0 Å². The number of aromatic nitrogens is 1. The van der Waals surface area contributed by atoms with Gasteiger partial charge in [0.2, 0.25) is 5.91 Å². The molecule has 0 radical (unpaired) electrons. The van der Waals surface area contributed by atoms with Gasteiger partial charge in [-0.05, 0) is 29.8 Å². The first kappa shape index (κ1) is 23.3. The zero-order valence-corrected chi connectivity index (χ0v) is 19.7. The summed E-state index contributed by atoms with van der Waals surface area (Å²) in [5, 5.41) is 15.1. The number of carboxylic acid groups (broad SMARTS) is 1. The van der Waals surface area contributed by atoms with E-state index in [2.05, 4.69) is 10.3 Å². The van der Waals surface area contributed by atoms with Crippen molar-refractivity contribution in [3.05, 3.63) is 70.9 Å². The van der Waals surface area contributed by atoms with Gasteiger partial charge in [-0.1, -0.05) is 41.9 Å². The number of fused-ring (bicyclic) bond motifs is 1. The van der Waals surface area contributed by atoms with Crippen LogP contribution in [-0.2, 0) is 16.0 Å². The second-order valence-electron chi connectivity index (χ2n) is 7.39. The number of carboxylic acids is 1. The summed E-state index contributed by atoms with van der Waals surface area (Å²) >= 11 is 6.00. The first-order chi connectivity index (χ1) is 14.4. The average molecular weight is 448 g/mol. The minimum atomic E-state index is -1.17. The third-order valence-electron chi connectivity index (χ3n) is 5.24. The molecular formula is C22H19ClN3NaO4. The Morgan fingerprint density at radius 3 is 2.52 bits per heavy atom. The summed E-state index contributed by atoms with van der Waals surface area (Å²) in [6.45, 7) is 0.181. The number of likely N-dealkylation sites (tertiary alicyclic amines) is 1. The summed E-state index contributed by atoms with van der Waals surface area (Å²) in [5.41, 5.74) is 1.96. The fraction of sp³-hybridized carbons (Fsp3) is 0.227. The minimum Gasteiger partial charge on any atom is -0.550 e. The van der Waals surface area contributed by atoms with E-state index in [0.29, 0.717) is 17.1 Å². The molecule has 0 bridgehead atoms. The Bertz CT molecular complexity index is 1110. The molecule has 31 heavy (non-hydrogen) atoms. The molecule has 9 heteroatoms. The molecule has 2 N–H and O–H groups in total. The Balaban J connectivity index is 0.00000272. The molecule has 7 nitrogen and oxygen atoms in total. The Morgan fingerprint density at radius 1 is 1.13 bits per heavy atom. The van der Waals surface area contributed by atoms with Gasteiger partial charge in [0, 0.05) is 47.3 Å². The molecule has 2 heterocycles. The van der Waals surface area contributed by atoms with E-state index in [0.717, 1.165) is 16.5 Å². The Morgan fingerprint density at radius 2 is 1.84 bits per heavy atom. The molecule has 1 saturated heterocycles. The predicted molar refractivity (Wildman–Crippen MR) is 110 cm³/mol. The largest absolute Gasteiger partial charge is 1.00 e. The summed E-state index contributed by atoms with van der Waals surface area (Å²) in [4.78, 5) is 41.2. The van der Waals surface area contributed by atoms with E-state index in [1.807, 2.05) is 30.3 Å². The fourth-order valence-electron chi connectivity index (χ4n) is 3.54. The van der Waals surface area contributed by atoms with Crippen LogP contribution in [0.2, 0.25) is 5.02 Å². The van der Waals surface area contributed by atoms with Crippen LogP contribution in [0, 0.1) is 5.92 Å². The molecule has 4 rings (SSSR count). The summed E-state index contributed by atoms with van der Waals surface area (Å²) in [6, 6.07) is 15.4. The molecule has 2 amide bonds. The van der Waals surface area contributed by atoms with Crippen molar-refractivity contribution in [2.45, 2.75) is 12.5 Å². The topological polar surface area (TPSA) is 105 Å². The van der Waals surface area contributed by atoms with Crippen molar-refractivity contribution in [1.82, 2.24) is 15.2 Å². The monoisotopic (exact) mass is 447 g/mol. The van der Waals surface area contributed by atoms with Crippen molar-refractivity contribution in [3.8, 4) is 0 Å². The summed E-state index contributed by atoms with van der Waals surface area (Å²) < 4.78 is 0. The van der Waals surface area contributed by atoms with E-state index >= 15 is 0 Å². The zero-order valence-electron chi connectivity index (χ0n) is 16.9. The van der Waals surface area contributed by atoms with Gasteiger partial charge < -0.3 is 25.1 Å². The number of halogens is 1. The van der Waals surface area contributed by atoms with E-state index in [1.54, 1.807) is 24.3 Å². The van der Waals surface area contributed by atoms with Crippen molar-refractivity contribution in [1.29, 1.82) is 0 Å². The molecule has 1 aliphatic heterocycles. The Labute approximate surface area is 206 Å².